The Labute approximate surface area is 140 Å². The van der Waals surface area contributed by atoms with Crippen LogP contribution in [0.2, 0.25) is 0 Å². The van der Waals surface area contributed by atoms with E-state index in [0.29, 0.717) is 16.5 Å². The van der Waals surface area contributed by atoms with E-state index in [2.05, 4.69) is 4.90 Å². The summed E-state index contributed by atoms with van der Waals surface area (Å²) in [5.41, 5.74) is 2.06. The second-order valence-corrected chi connectivity index (χ2v) is 6.52. The highest BCUT2D eigenvalue weighted by molar-refractivity contribution is 6.26. The van der Waals surface area contributed by atoms with Gasteiger partial charge in [0, 0.05) is 40.7 Å². The summed E-state index contributed by atoms with van der Waals surface area (Å²) in [6, 6.07) is 9.32. The van der Waals surface area contributed by atoms with Crippen molar-refractivity contribution in [1.82, 2.24) is 4.90 Å². The summed E-state index contributed by atoms with van der Waals surface area (Å²) in [7, 11) is 0. The van der Waals surface area contributed by atoms with E-state index in [1.807, 2.05) is 18.2 Å². The summed E-state index contributed by atoms with van der Waals surface area (Å²) in [5.74, 6) is -0.854. The number of aliphatic hydroxyl groups excluding tert-OH is 1. The molecule has 0 bridgehead atoms. The first-order chi connectivity index (χ1) is 11.6. The van der Waals surface area contributed by atoms with Gasteiger partial charge < -0.3 is 10.0 Å². The smallest absolute Gasteiger partial charge is 0.263 e. The molecule has 2 aliphatic heterocycles. The molecule has 2 aromatic rings. The monoisotopic (exact) mass is 324 g/mol. The number of imide groups is 1. The lowest BCUT2D eigenvalue weighted by atomic mass is 9.92. The van der Waals surface area contributed by atoms with Crippen molar-refractivity contribution in [2.45, 2.75) is 32.4 Å². The second kappa shape index (κ2) is 5.60. The van der Waals surface area contributed by atoms with Gasteiger partial charge in [0.1, 0.15) is 6.23 Å². The lowest BCUT2D eigenvalue weighted by Gasteiger charge is -2.33. The molecule has 2 aliphatic rings. The van der Waals surface area contributed by atoms with Crippen LogP contribution in [0.25, 0.3) is 10.8 Å². The number of benzene rings is 2. The molecular weight excluding hydrogens is 304 g/mol. The summed E-state index contributed by atoms with van der Waals surface area (Å²) < 4.78 is 0. The third kappa shape index (κ3) is 2.12. The first-order valence-electron chi connectivity index (χ1n) is 8.46. The van der Waals surface area contributed by atoms with Gasteiger partial charge in [0.05, 0.1) is 0 Å². The van der Waals surface area contributed by atoms with Crippen molar-refractivity contribution in [3.8, 4) is 0 Å². The summed E-state index contributed by atoms with van der Waals surface area (Å²) in [4.78, 5) is 28.6. The highest BCUT2D eigenvalue weighted by Crippen LogP contribution is 2.37. The van der Waals surface area contributed by atoms with Crippen molar-refractivity contribution < 1.29 is 14.7 Å². The Balaban J connectivity index is 1.94. The van der Waals surface area contributed by atoms with Crippen LogP contribution in [0.3, 0.4) is 0 Å². The zero-order valence-corrected chi connectivity index (χ0v) is 13.7. The fraction of sp³-hybridized carbons (Fsp3) is 0.368. The largest absolute Gasteiger partial charge is 0.373 e. The average molecular weight is 324 g/mol. The molecular formula is C19H20N2O3. The fourth-order valence-corrected chi connectivity index (χ4v) is 3.85. The molecule has 2 amide bonds. The number of nitrogens with zero attached hydrogens (tertiary/aromatic N) is 2. The number of hydrogen-bond acceptors (Lipinski definition) is 4. The predicted molar refractivity (Wildman–Crippen MR) is 92.2 cm³/mol. The van der Waals surface area contributed by atoms with Crippen molar-refractivity contribution in [1.29, 1.82) is 0 Å². The van der Waals surface area contributed by atoms with Gasteiger partial charge in [0.25, 0.3) is 11.8 Å². The molecule has 1 atom stereocenters. The van der Waals surface area contributed by atoms with Crippen LogP contribution in [0, 0.1) is 0 Å². The number of hydrogen-bond donors (Lipinski definition) is 1. The molecule has 1 fully saturated rings. The third-order valence-corrected chi connectivity index (χ3v) is 4.99. The average Bonchev–Trinajstić information content (AvgIpc) is 2.59. The van der Waals surface area contributed by atoms with Crippen LogP contribution in [-0.4, -0.2) is 41.1 Å². The van der Waals surface area contributed by atoms with Crippen LogP contribution >= 0.6 is 0 Å². The number of rotatable bonds is 2. The van der Waals surface area contributed by atoms with Gasteiger partial charge in [0.2, 0.25) is 0 Å². The minimum Gasteiger partial charge on any atom is -0.373 e. The maximum absolute atomic E-state index is 12.7. The van der Waals surface area contributed by atoms with E-state index >= 15 is 0 Å². The van der Waals surface area contributed by atoms with E-state index in [1.54, 1.807) is 12.1 Å². The normalized spacial score (nSPS) is 19.1. The van der Waals surface area contributed by atoms with E-state index in [0.717, 1.165) is 41.9 Å². The Morgan fingerprint density at radius 1 is 0.958 bits per heavy atom. The van der Waals surface area contributed by atoms with Gasteiger partial charge in [-0.1, -0.05) is 12.1 Å². The van der Waals surface area contributed by atoms with Crippen molar-refractivity contribution in [2.24, 2.45) is 0 Å². The van der Waals surface area contributed by atoms with Crippen molar-refractivity contribution >= 4 is 28.3 Å². The molecule has 4 rings (SSSR count). The maximum atomic E-state index is 12.7. The summed E-state index contributed by atoms with van der Waals surface area (Å²) in [5, 5.41) is 11.5. The highest BCUT2D eigenvalue weighted by Gasteiger charge is 2.35. The molecule has 0 aliphatic carbocycles. The zero-order valence-electron chi connectivity index (χ0n) is 13.7. The number of amides is 2. The Kier molecular flexibility index (Phi) is 3.53. The first-order valence-corrected chi connectivity index (χ1v) is 8.46. The van der Waals surface area contributed by atoms with E-state index in [9.17, 15) is 14.7 Å². The van der Waals surface area contributed by atoms with Crippen molar-refractivity contribution in [3.05, 3.63) is 41.5 Å². The van der Waals surface area contributed by atoms with Gasteiger partial charge in [-0.05, 0) is 44.4 Å². The maximum Gasteiger partial charge on any atom is 0.263 e. The summed E-state index contributed by atoms with van der Waals surface area (Å²) in [6.45, 7) is 3.43. The van der Waals surface area contributed by atoms with Crippen molar-refractivity contribution in [2.75, 3.05) is 18.0 Å². The van der Waals surface area contributed by atoms with E-state index in [4.69, 9.17) is 0 Å². The van der Waals surface area contributed by atoms with Gasteiger partial charge in [-0.3, -0.25) is 9.59 Å². The Bertz CT molecular complexity index is 816. The van der Waals surface area contributed by atoms with Crippen LogP contribution in [-0.2, 0) is 0 Å². The first kappa shape index (κ1) is 15.1. The van der Waals surface area contributed by atoms with Gasteiger partial charge in [-0.2, -0.15) is 0 Å². The molecule has 2 aromatic carbocycles. The Hall–Kier alpha value is -2.40. The minimum atomic E-state index is -1.14. The van der Waals surface area contributed by atoms with Gasteiger partial charge >= 0.3 is 0 Å². The predicted octanol–water partition coefficient (Wildman–Crippen LogP) is 2.76. The number of aliphatic hydroxyl groups is 1. The molecule has 1 saturated heterocycles. The van der Waals surface area contributed by atoms with Gasteiger partial charge in [-0.25, -0.2) is 4.90 Å². The lowest BCUT2D eigenvalue weighted by Crippen LogP contribution is -2.45. The summed E-state index contributed by atoms with van der Waals surface area (Å²) >= 11 is 0. The molecule has 24 heavy (non-hydrogen) atoms. The molecule has 2 heterocycles. The quantitative estimate of drug-likeness (QED) is 0.863. The minimum absolute atomic E-state index is 0.427. The molecule has 5 nitrogen and oxygen atoms in total. The third-order valence-electron chi connectivity index (χ3n) is 4.99. The topological polar surface area (TPSA) is 60.9 Å². The number of piperidine rings is 1. The number of carbonyl (C=O) groups excluding carboxylic acids is 2. The van der Waals surface area contributed by atoms with Crippen LogP contribution in [0.1, 0.15) is 46.9 Å². The molecule has 1 unspecified atom stereocenters. The number of carbonyl (C=O) groups is 2. The van der Waals surface area contributed by atoms with E-state index < -0.39 is 18.0 Å². The molecule has 0 saturated carbocycles. The molecule has 1 N–H and O–H groups in total. The van der Waals surface area contributed by atoms with Crippen LogP contribution in [0.5, 0.6) is 0 Å². The van der Waals surface area contributed by atoms with E-state index in [-0.39, 0.29) is 0 Å². The summed E-state index contributed by atoms with van der Waals surface area (Å²) in [6.07, 6.45) is 2.43. The zero-order chi connectivity index (χ0) is 16.8. The molecule has 124 valence electrons. The Morgan fingerprint density at radius 2 is 1.62 bits per heavy atom. The van der Waals surface area contributed by atoms with E-state index in [1.165, 1.54) is 13.3 Å². The van der Waals surface area contributed by atoms with Crippen LogP contribution in [0.4, 0.5) is 5.69 Å². The standard InChI is InChI=1S/C19H20N2O3/c1-12(22)21-18(23)14-7-5-6-13-16(20-10-3-2-4-11-20)9-8-15(17(13)14)19(21)24/h5-9,12,22H,2-4,10-11H2,1H3. The molecule has 0 radical (unpaired) electrons. The Morgan fingerprint density at radius 3 is 2.29 bits per heavy atom. The lowest BCUT2D eigenvalue weighted by molar-refractivity contribution is 0.0170. The molecule has 0 aromatic heterocycles. The highest BCUT2D eigenvalue weighted by atomic mass is 16.3. The van der Waals surface area contributed by atoms with Crippen molar-refractivity contribution in [3.63, 3.8) is 0 Å². The SMILES string of the molecule is CC(O)N1C(=O)c2cccc3c(N4CCCCC4)ccc(c23)C1=O. The fourth-order valence-electron chi connectivity index (χ4n) is 3.85. The van der Waals surface area contributed by atoms with Crippen LogP contribution in [0.15, 0.2) is 30.3 Å². The van der Waals surface area contributed by atoms with Gasteiger partial charge in [-0.15, -0.1) is 0 Å². The molecule has 5 heteroatoms. The van der Waals surface area contributed by atoms with Crippen LogP contribution < -0.4 is 4.90 Å². The molecule has 0 spiro atoms. The van der Waals surface area contributed by atoms with Gasteiger partial charge in [0.15, 0.2) is 0 Å². The number of anilines is 1. The second-order valence-electron chi connectivity index (χ2n) is 6.52.